The van der Waals surface area contributed by atoms with Crippen LogP contribution in [-0.2, 0) is 4.79 Å². The zero-order chi connectivity index (χ0) is 12.3. The molecule has 17 heavy (non-hydrogen) atoms. The molecule has 5 nitrogen and oxygen atoms in total. The topological polar surface area (TPSA) is 70.7 Å². The molecule has 6 heteroatoms. The van der Waals surface area contributed by atoms with Gasteiger partial charge in [-0.3, -0.25) is 9.48 Å². The molecule has 86 valence electrons. The van der Waals surface area contributed by atoms with E-state index in [9.17, 15) is 4.79 Å². The van der Waals surface area contributed by atoms with E-state index < -0.39 is 6.04 Å². The summed E-state index contributed by atoms with van der Waals surface area (Å²) in [6.07, 6.45) is 3.35. The molecule has 0 saturated heterocycles. The van der Waals surface area contributed by atoms with Crippen molar-refractivity contribution in [1.29, 1.82) is 5.26 Å². The first kappa shape index (κ1) is 11.4. The van der Waals surface area contributed by atoms with Crippen molar-refractivity contribution in [1.82, 2.24) is 9.78 Å². The zero-order valence-corrected chi connectivity index (χ0v) is 9.94. The predicted molar refractivity (Wildman–Crippen MR) is 64.6 cm³/mol. The summed E-state index contributed by atoms with van der Waals surface area (Å²) in [6.45, 7) is 1.75. The van der Waals surface area contributed by atoms with Gasteiger partial charge in [-0.15, -0.1) is 11.3 Å². The van der Waals surface area contributed by atoms with Gasteiger partial charge in [0.2, 0.25) is 5.91 Å². The monoisotopic (exact) mass is 246 g/mol. The molecule has 0 aromatic carbocycles. The normalized spacial score (nSPS) is 11.8. The van der Waals surface area contributed by atoms with Gasteiger partial charge in [-0.05, 0) is 24.4 Å². The Bertz CT molecular complexity index is 552. The number of hydrogen-bond acceptors (Lipinski definition) is 4. The van der Waals surface area contributed by atoms with E-state index in [0.29, 0.717) is 10.6 Å². The maximum atomic E-state index is 11.9. The van der Waals surface area contributed by atoms with Crippen molar-refractivity contribution in [2.45, 2.75) is 13.0 Å². The third kappa shape index (κ3) is 2.34. The largest absolute Gasteiger partial charge is 0.315 e. The Kier molecular flexibility index (Phi) is 3.21. The van der Waals surface area contributed by atoms with Crippen LogP contribution in [0.25, 0.3) is 0 Å². The van der Waals surface area contributed by atoms with Gasteiger partial charge in [-0.1, -0.05) is 0 Å². The summed E-state index contributed by atoms with van der Waals surface area (Å²) in [5.74, 6) is -0.187. The van der Waals surface area contributed by atoms with Crippen molar-refractivity contribution in [2.24, 2.45) is 0 Å². The molecule has 2 aromatic rings. The summed E-state index contributed by atoms with van der Waals surface area (Å²) < 4.78 is 1.56. The Morgan fingerprint density at radius 1 is 1.71 bits per heavy atom. The third-order valence-corrected chi connectivity index (χ3v) is 3.15. The lowest BCUT2D eigenvalue weighted by Gasteiger charge is -2.11. The van der Waals surface area contributed by atoms with Crippen molar-refractivity contribution in [3.05, 3.63) is 35.5 Å². The highest BCUT2D eigenvalue weighted by Crippen LogP contribution is 2.23. The van der Waals surface area contributed by atoms with Gasteiger partial charge in [0.05, 0.1) is 5.56 Å². The highest BCUT2D eigenvalue weighted by Gasteiger charge is 2.16. The summed E-state index contributed by atoms with van der Waals surface area (Å²) in [7, 11) is 0. The van der Waals surface area contributed by atoms with E-state index in [-0.39, 0.29) is 5.91 Å². The van der Waals surface area contributed by atoms with Crippen LogP contribution in [0.1, 0.15) is 18.5 Å². The van der Waals surface area contributed by atoms with Gasteiger partial charge in [0.25, 0.3) is 0 Å². The summed E-state index contributed by atoms with van der Waals surface area (Å²) >= 11 is 1.33. The number of thiophene rings is 1. The van der Waals surface area contributed by atoms with Crippen LogP contribution in [0.15, 0.2) is 29.9 Å². The minimum absolute atomic E-state index is 0.187. The number of anilines is 1. The average molecular weight is 246 g/mol. The van der Waals surface area contributed by atoms with Gasteiger partial charge in [0.1, 0.15) is 17.1 Å². The van der Waals surface area contributed by atoms with Crippen LogP contribution in [0.2, 0.25) is 0 Å². The Morgan fingerprint density at radius 2 is 2.53 bits per heavy atom. The Hall–Kier alpha value is -2.13. The van der Waals surface area contributed by atoms with Crippen LogP contribution in [0.4, 0.5) is 5.00 Å². The van der Waals surface area contributed by atoms with Crippen LogP contribution >= 0.6 is 11.3 Å². The highest BCUT2D eigenvalue weighted by molar-refractivity contribution is 7.14. The van der Waals surface area contributed by atoms with Gasteiger partial charge < -0.3 is 5.32 Å². The predicted octanol–water partition coefficient (Wildman–Crippen LogP) is 2.02. The molecule has 2 aromatic heterocycles. The fourth-order valence-corrected chi connectivity index (χ4v) is 2.08. The molecule has 0 bridgehead atoms. The first-order valence-electron chi connectivity index (χ1n) is 5.00. The van der Waals surface area contributed by atoms with Crippen LogP contribution in [0, 0.1) is 11.3 Å². The number of nitriles is 1. The Morgan fingerprint density at radius 3 is 3.18 bits per heavy atom. The van der Waals surface area contributed by atoms with Gasteiger partial charge in [0, 0.05) is 12.4 Å². The number of rotatable bonds is 3. The molecule has 0 spiro atoms. The standard InChI is InChI=1S/C11H10N4OS/c1-8(15-5-2-4-13-15)10(16)14-11-9(7-12)3-6-17-11/h2-6,8H,1H3,(H,14,16). The molecule has 1 amide bonds. The van der Waals surface area contributed by atoms with E-state index in [4.69, 9.17) is 5.26 Å². The maximum Gasteiger partial charge on any atom is 0.249 e. The van der Waals surface area contributed by atoms with Crippen molar-refractivity contribution in [2.75, 3.05) is 5.32 Å². The fourth-order valence-electron chi connectivity index (χ4n) is 1.34. The van der Waals surface area contributed by atoms with Gasteiger partial charge in [-0.25, -0.2) is 0 Å². The molecule has 0 aliphatic carbocycles. The number of amides is 1. The molecular weight excluding hydrogens is 236 g/mol. The van der Waals surface area contributed by atoms with Crippen molar-refractivity contribution in [3.63, 3.8) is 0 Å². The minimum Gasteiger partial charge on any atom is -0.315 e. The minimum atomic E-state index is -0.404. The molecule has 2 heterocycles. The van der Waals surface area contributed by atoms with E-state index in [2.05, 4.69) is 10.4 Å². The molecule has 2 rings (SSSR count). The maximum absolute atomic E-state index is 11.9. The lowest BCUT2D eigenvalue weighted by molar-refractivity contribution is -0.119. The molecular formula is C11H10N4OS. The smallest absolute Gasteiger partial charge is 0.249 e. The van der Waals surface area contributed by atoms with Gasteiger partial charge >= 0.3 is 0 Å². The van der Waals surface area contributed by atoms with E-state index in [1.54, 1.807) is 41.5 Å². The molecule has 0 saturated carbocycles. The lowest BCUT2D eigenvalue weighted by Crippen LogP contribution is -2.23. The van der Waals surface area contributed by atoms with Crippen LogP contribution in [-0.4, -0.2) is 15.7 Å². The second kappa shape index (κ2) is 4.80. The number of carbonyl (C=O) groups is 1. The SMILES string of the molecule is CC(C(=O)Nc1sccc1C#N)n1cccn1. The van der Waals surface area contributed by atoms with E-state index >= 15 is 0 Å². The molecule has 1 unspecified atom stereocenters. The third-order valence-electron chi connectivity index (χ3n) is 2.32. The lowest BCUT2D eigenvalue weighted by atomic mass is 10.3. The quantitative estimate of drug-likeness (QED) is 0.900. The van der Waals surface area contributed by atoms with E-state index in [1.807, 2.05) is 6.07 Å². The van der Waals surface area contributed by atoms with E-state index in [0.717, 1.165) is 0 Å². The number of nitrogens with zero attached hydrogens (tertiary/aromatic N) is 3. The van der Waals surface area contributed by atoms with Gasteiger partial charge in [0.15, 0.2) is 0 Å². The fraction of sp³-hybridized carbons (Fsp3) is 0.182. The summed E-state index contributed by atoms with van der Waals surface area (Å²) in [4.78, 5) is 11.9. The first-order valence-corrected chi connectivity index (χ1v) is 5.88. The second-order valence-electron chi connectivity index (χ2n) is 3.43. The number of hydrogen-bond donors (Lipinski definition) is 1. The highest BCUT2D eigenvalue weighted by atomic mass is 32.1. The summed E-state index contributed by atoms with van der Waals surface area (Å²) in [5, 5.41) is 17.9. The van der Waals surface area contributed by atoms with Crippen LogP contribution < -0.4 is 5.32 Å². The summed E-state index contributed by atoms with van der Waals surface area (Å²) in [5.41, 5.74) is 0.482. The Balaban J connectivity index is 2.10. The molecule has 0 aliphatic heterocycles. The van der Waals surface area contributed by atoms with Crippen molar-refractivity contribution < 1.29 is 4.79 Å². The van der Waals surface area contributed by atoms with Crippen molar-refractivity contribution >= 4 is 22.2 Å². The van der Waals surface area contributed by atoms with E-state index in [1.165, 1.54) is 11.3 Å². The molecule has 1 N–H and O–H groups in total. The number of carbonyl (C=O) groups excluding carboxylic acids is 1. The molecule has 0 aliphatic rings. The number of nitrogens with one attached hydrogen (secondary N) is 1. The molecule has 0 fully saturated rings. The van der Waals surface area contributed by atoms with Crippen molar-refractivity contribution in [3.8, 4) is 6.07 Å². The average Bonchev–Trinajstić information content (AvgIpc) is 2.98. The second-order valence-corrected chi connectivity index (χ2v) is 4.34. The molecule has 0 radical (unpaired) electrons. The van der Waals surface area contributed by atoms with Crippen LogP contribution in [0.3, 0.4) is 0 Å². The Labute approximate surface area is 102 Å². The summed E-state index contributed by atoms with van der Waals surface area (Å²) in [6, 6.07) is 5.06. The zero-order valence-electron chi connectivity index (χ0n) is 9.12. The van der Waals surface area contributed by atoms with Gasteiger partial charge in [-0.2, -0.15) is 10.4 Å². The van der Waals surface area contributed by atoms with Crippen LogP contribution in [0.5, 0.6) is 0 Å². The molecule has 1 atom stereocenters. The number of aromatic nitrogens is 2. The first-order chi connectivity index (χ1) is 8.22.